The molecule has 0 heterocycles. The van der Waals surface area contributed by atoms with Gasteiger partial charge in [0.15, 0.2) is 0 Å². The van der Waals surface area contributed by atoms with Crippen molar-refractivity contribution in [3.8, 4) is 0 Å². The second kappa shape index (κ2) is 11.2. The third-order valence-electron chi connectivity index (χ3n) is 11.6. The molecule has 0 aliphatic heterocycles. The molecule has 0 bridgehead atoms. The first-order valence-electron chi connectivity index (χ1n) is 15.5. The van der Waals surface area contributed by atoms with Crippen LogP contribution >= 0.6 is 11.6 Å². The van der Waals surface area contributed by atoms with E-state index in [1.54, 1.807) is 17.7 Å². The maximum Gasteiger partial charge on any atom is 0.411 e. The minimum atomic E-state index is -0.372. The van der Waals surface area contributed by atoms with Gasteiger partial charge in [0, 0.05) is 17.1 Å². The average molecular weight is 540 g/mol. The first-order valence-corrected chi connectivity index (χ1v) is 15.9. The molecule has 0 saturated heterocycles. The summed E-state index contributed by atoms with van der Waals surface area (Å²) >= 11 is 6.06. The number of hydrogen-bond acceptors (Lipinski definition) is 2. The van der Waals surface area contributed by atoms with Gasteiger partial charge < -0.3 is 4.74 Å². The van der Waals surface area contributed by atoms with Crippen LogP contribution < -0.4 is 5.32 Å². The highest BCUT2D eigenvalue weighted by Crippen LogP contribution is 2.67. The molecule has 0 unspecified atom stereocenters. The van der Waals surface area contributed by atoms with E-state index >= 15 is 0 Å². The number of anilines is 1. The predicted octanol–water partition coefficient (Wildman–Crippen LogP) is 10.3. The standard InChI is InChI=1S/C34H50ClNO2/c1-22(2)8-6-9-23(3)29-14-15-30-28-13-12-24-20-27(38-32(37)36-26-11-7-10-25(35)21-26)16-18-33(24,4)31(28)17-19-34(29,30)5/h7,10-12,21-23,27-31H,6,8-9,13-20H2,1-5H3,(H,36,37)/t23-,27+,28-,29+,30-,31-,33-,34+/m0/s1. The lowest BCUT2D eigenvalue weighted by atomic mass is 9.47. The van der Waals surface area contributed by atoms with E-state index in [-0.39, 0.29) is 17.6 Å². The summed E-state index contributed by atoms with van der Waals surface area (Å²) in [6.45, 7) is 12.5. The van der Waals surface area contributed by atoms with Gasteiger partial charge >= 0.3 is 6.09 Å². The van der Waals surface area contributed by atoms with E-state index in [9.17, 15) is 4.79 Å². The van der Waals surface area contributed by atoms with Crippen LogP contribution in [-0.2, 0) is 4.74 Å². The molecule has 3 saturated carbocycles. The summed E-state index contributed by atoms with van der Waals surface area (Å²) in [5.74, 6) is 5.09. The number of hydrogen-bond donors (Lipinski definition) is 1. The Bertz CT molecular complexity index is 1040. The van der Waals surface area contributed by atoms with Crippen LogP contribution in [0.25, 0.3) is 0 Å². The van der Waals surface area contributed by atoms with Crippen LogP contribution in [0.15, 0.2) is 35.9 Å². The van der Waals surface area contributed by atoms with Crippen molar-refractivity contribution in [2.24, 2.45) is 46.3 Å². The summed E-state index contributed by atoms with van der Waals surface area (Å²) in [6, 6.07) is 7.23. The number of ether oxygens (including phenoxy) is 1. The number of carbonyl (C=O) groups excluding carboxylic acids is 1. The molecule has 0 spiro atoms. The van der Waals surface area contributed by atoms with Crippen molar-refractivity contribution in [1.82, 2.24) is 0 Å². The maximum atomic E-state index is 12.6. The van der Waals surface area contributed by atoms with Gasteiger partial charge in [-0.25, -0.2) is 4.79 Å². The van der Waals surface area contributed by atoms with Crippen LogP contribution in [0.5, 0.6) is 0 Å². The Morgan fingerprint density at radius 3 is 2.66 bits per heavy atom. The lowest BCUT2D eigenvalue weighted by Gasteiger charge is -2.58. The molecule has 4 aliphatic rings. The molecule has 1 aromatic rings. The number of benzene rings is 1. The maximum absolute atomic E-state index is 12.6. The Hall–Kier alpha value is -1.48. The molecular weight excluding hydrogens is 490 g/mol. The summed E-state index contributed by atoms with van der Waals surface area (Å²) < 4.78 is 5.90. The Labute approximate surface area is 236 Å². The lowest BCUT2D eigenvalue weighted by molar-refractivity contribution is -0.0577. The summed E-state index contributed by atoms with van der Waals surface area (Å²) in [7, 11) is 0. The second-order valence-electron chi connectivity index (χ2n) is 14.2. The zero-order valence-corrected chi connectivity index (χ0v) is 25.2. The van der Waals surface area contributed by atoms with Gasteiger partial charge in [-0.05, 0) is 109 Å². The van der Waals surface area contributed by atoms with Crippen molar-refractivity contribution in [1.29, 1.82) is 0 Å². The monoisotopic (exact) mass is 539 g/mol. The zero-order chi connectivity index (χ0) is 27.1. The van der Waals surface area contributed by atoms with Crippen LogP contribution in [0.2, 0.25) is 5.02 Å². The van der Waals surface area contributed by atoms with Gasteiger partial charge in [-0.1, -0.05) is 83.2 Å². The van der Waals surface area contributed by atoms with E-state index in [2.05, 4.69) is 46.0 Å². The third-order valence-corrected chi connectivity index (χ3v) is 11.8. The number of amides is 1. The second-order valence-corrected chi connectivity index (χ2v) is 14.6. The fraction of sp³-hybridized carbons (Fsp3) is 0.735. The normalized spacial score (nSPS) is 37.0. The molecular formula is C34H50ClNO2. The van der Waals surface area contributed by atoms with Crippen molar-refractivity contribution in [3.63, 3.8) is 0 Å². The average Bonchev–Trinajstić information content (AvgIpc) is 3.21. The summed E-state index contributed by atoms with van der Waals surface area (Å²) in [5.41, 5.74) is 3.04. The fourth-order valence-corrected chi connectivity index (χ4v) is 9.81. The van der Waals surface area contributed by atoms with Crippen molar-refractivity contribution in [2.45, 2.75) is 111 Å². The van der Waals surface area contributed by atoms with Crippen LogP contribution in [0.4, 0.5) is 10.5 Å². The molecule has 3 fully saturated rings. The van der Waals surface area contributed by atoms with Gasteiger partial charge in [-0.3, -0.25) is 5.32 Å². The van der Waals surface area contributed by atoms with Crippen LogP contribution in [0.3, 0.4) is 0 Å². The Morgan fingerprint density at radius 2 is 1.89 bits per heavy atom. The topological polar surface area (TPSA) is 38.3 Å². The molecule has 38 heavy (non-hydrogen) atoms. The van der Waals surface area contributed by atoms with Gasteiger partial charge in [-0.2, -0.15) is 0 Å². The Balaban J connectivity index is 1.22. The van der Waals surface area contributed by atoms with E-state index in [4.69, 9.17) is 16.3 Å². The quantitative estimate of drug-likeness (QED) is 0.350. The van der Waals surface area contributed by atoms with Gasteiger partial charge in [0.1, 0.15) is 6.10 Å². The minimum Gasteiger partial charge on any atom is -0.446 e. The molecule has 1 N–H and O–H groups in total. The fourth-order valence-electron chi connectivity index (χ4n) is 9.62. The number of halogens is 1. The summed E-state index contributed by atoms with van der Waals surface area (Å²) in [6.07, 6.45) is 16.2. The molecule has 0 aromatic heterocycles. The SMILES string of the molecule is CC(C)CCC[C@H](C)[C@H]1CC[C@H]2[C@@H]3CC=C4C[C@H](OC(=O)Nc5cccc(Cl)c5)CC[C@]4(C)[C@H]3CC[C@]12C. The lowest BCUT2D eigenvalue weighted by Crippen LogP contribution is -2.51. The smallest absolute Gasteiger partial charge is 0.411 e. The van der Waals surface area contributed by atoms with Crippen molar-refractivity contribution < 1.29 is 9.53 Å². The molecule has 4 heteroatoms. The predicted molar refractivity (Wildman–Crippen MR) is 158 cm³/mol. The molecule has 4 aliphatic carbocycles. The van der Waals surface area contributed by atoms with Crippen LogP contribution in [-0.4, -0.2) is 12.2 Å². The minimum absolute atomic E-state index is 0.0403. The number of fused-ring (bicyclic) bond motifs is 5. The van der Waals surface area contributed by atoms with E-state index in [1.165, 1.54) is 51.4 Å². The molecule has 8 atom stereocenters. The third kappa shape index (κ3) is 5.43. The first kappa shape index (κ1) is 28.1. The summed E-state index contributed by atoms with van der Waals surface area (Å²) in [5, 5.41) is 3.46. The molecule has 0 radical (unpaired) electrons. The van der Waals surface area contributed by atoms with Gasteiger partial charge in [-0.15, -0.1) is 0 Å². The van der Waals surface area contributed by atoms with E-state index in [0.717, 1.165) is 54.8 Å². The van der Waals surface area contributed by atoms with Gasteiger partial charge in [0.2, 0.25) is 0 Å². The first-order chi connectivity index (χ1) is 18.1. The highest BCUT2D eigenvalue weighted by molar-refractivity contribution is 6.30. The van der Waals surface area contributed by atoms with E-state index < -0.39 is 0 Å². The molecule has 1 amide bonds. The highest BCUT2D eigenvalue weighted by atomic mass is 35.5. The Morgan fingerprint density at radius 1 is 1.08 bits per heavy atom. The highest BCUT2D eigenvalue weighted by Gasteiger charge is 2.59. The molecule has 1 aromatic carbocycles. The van der Waals surface area contributed by atoms with Crippen molar-refractivity contribution >= 4 is 23.4 Å². The van der Waals surface area contributed by atoms with Crippen LogP contribution in [0, 0.1) is 46.3 Å². The van der Waals surface area contributed by atoms with E-state index in [0.29, 0.717) is 16.1 Å². The summed E-state index contributed by atoms with van der Waals surface area (Å²) in [4.78, 5) is 12.6. The number of allylic oxidation sites excluding steroid dienone is 1. The van der Waals surface area contributed by atoms with Crippen molar-refractivity contribution in [2.75, 3.05) is 5.32 Å². The number of nitrogens with one attached hydrogen (secondary N) is 1. The van der Waals surface area contributed by atoms with E-state index in [1.807, 2.05) is 12.1 Å². The molecule has 5 rings (SSSR count). The van der Waals surface area contributed by atoms with Gasteiger partial charge in [0.05, 0.1) is 0 Å². The molecule has 210 valence electrons. The Kier molecular flexibility index (Phi) is 8.26. The van der Waals surface area contributed by atoms with Crippen LogP contribution in [0.1, 0.15) is 105 Å². The van der Waals surface area contributed by atoms with Crippen molar-refractivity contribution in [3.05, 3.63) is 40.9 Å². The number of carbonyl (C=O) groups is 1. The van der Waals surface area contributed by atoms with Gasteiger partial charge in [0.25, 0.3) is 0 Å². The number of rotatable bonds is 7. The largest absolute Gasteiger partial charge is 0.446 e. The zero-order valence-electron chi connectivity index (χ0n) is 24.4. The molecule has 3 nitrogen and oxygen atoms in total.